The Labute approximate surface area is 106 Å². The van der Waals surface area contributed by atoms with Crippen LogP contribution < -0.4 is 0 Å². The molecule has 0 aromatic heterocycles. The molecular formula is C10H14F6OS. The van der Waals surface area contributed by atoms with Gasteiger partial charge >= 0.3 is 17.3 Å². The van der Waals surface area contributed by atoms with Gasteiger partial charge in [-0.25, -0.2) is 0 Å². The summed E-state index contributed by atoms with van der Waals surface area (Å²) in [5.74, 6) is -0.255. The maximum atomic E-state index is 12.4. The van der Waals surface area contributed by atoms with Crippen LogP contribution in [-0.4, -0.2) is 23.9 Å². The van der Waals surface area contributed by atoms with Crippen molar-refractivity contribution in [2.45, 2.75) is 49.4 Å². The van der Waals surface area contributed by atoms with E-state index in [1.165, 1.54) is 0 Å². The summed E-state index contributed by atoms with van der Waals surface area (Å²) in [4.78, 5) is -4.38. The predicted molar refractivity (Wildman–Crippen MR) is 56.4 cm³/mol. The van der Waals surface area contributed by atoms with Crippen LogP contribution in [0.5, 0.6) is 0 Å². The Bertz CT molecular complexity index is 255. The fourth-order valence-corrected chi connectivity index (χ4v) is 1.99. The van der Waals surface area contributed by atoms with Crippen LogP contribution in [0.15, 0.2) is 0 Å². The van der Waals surface area contributed by atoms with Crippen LogP contribution in [0.4, 0.5) is 26.3 Å². The van der Waals surface area contributed by atoms with Crippen molar-refractivity contribution >= 4 is 12.6 Å². The molecule has 1 nitrogen and oxygen atoms in total. The SMILES string of the molecule is FC(F)(F)C(S)(OCC1CCCCC1)C(F)(F)F. The number of alkyl halides is 6. The first-order valence-electron chi connectivity index (χ1n) is 5.58. The maximum absolute atomic E-state index is 12.4. The molecular weight excluding hydrogens is 282 g/mol. The highest BCUT2D eigenvalue weighted by molar-refractivity contribution is 7.81. The highest BCUT2D eigenvalue weighted by atomic mass is 32.1. The summed E-state index contributed by atoms with van der Waals surface area (Å²) in [6.07, 6.45) is -7.41. The monoisotopic (exact) mass is 296 g/mol. The van der Waals surface area contributed by atoms with Crippen LogP contribution in [-0.2, 0) is 4.74 Å². The van der Waals surface area contributed by atoms with Crippen molar-refractivity contribution in [2.75, 3.05) is 6.61 Å². The first-order valence-corrected chi connectivity index (χ1v) is 6.02. The van der Waals surface area contributed by atoms with E-state index in [4.69, 9.17) is 0 Å². The molecule has 0 aromatic rings. The smallest absolute Gasteiger partial charge is 0.348 e. The molecule has 1 saturated carbocycles. The molecule has 0 N–H and O–H groups in total. The maximum Gasteiger partial charge on any atom is 0.436 e. The lowest BCUT2D eigenvalue weighted by atomic mass is 9.90. The average Bonchev–Trinajstić information content (AvgIpc) is 2.24. The average molecular weight is 296 g/mol. The number of thiol groups is 1. The molecule has 8 heteroatoms. The molecule has 18 heavy (non-hydrogen) atoms. The van der Waals surface area contributed by atoms with Crippen molar-refractivity contribution in [3.63, 3.8) is 0 Å². The molecule has 1 rings (SSSR count). The second-order valence-electron chi connectivity index (χ2n) is 4.45. The number of hydrogen-bond donors (Lipinski definition) is 1. The topological polar surface area (TPSA) is 9.23 Å². The van der Waals surface area contributed by atoms with Crippen molar-refractivity contribution in [1.82, 2.24) is 0 Å². The Balaban J connectivity index is 2.68. The number of hydrogen-bond acceptors (Lipinski definition) is 2. The second-order valence-corrected chi connectivity index (χ2v) is 5.08. The molecule has 0 spiro atoms. The Hall–Kier alpha value is -0.110. The van der Waals surface area contributed by atoms with Gasteiger partial charge in [0.2, 0.25) is 0 Å². The third-order valence-corrected chi connectivity index (χ3v) is 3.66. The van der Waals surface area contributed by atoms with E-state index >= 15 is 0 Å². The molecule has 1 aliphatic rings. The summed E-state index contributed by atoms with van der Waals surface area (Å²) in [7, 11) is 0. The third kappa shape index (κ3) is 3.46. The number of ether oxygens (including phenoxy) is 1. The van der Waals surface area contributed by atoms with Gasteiger partial charge in [-0.3, -0.25) is 0 Å². The van der Waals surface area contributed by atoms with Gasteiger partial charge in [-0.2, -0.15) is 26.3 Å². The quantitative estimate of drug-likeness (QED) is 0.463. The molecule has 1 aliphatic carbocycles. The molecule has 108 valence electrons. The third-order valence-electron chi connectivity index (χ3n) is 3.02. The summed E-state index contributed by atoms with van der Waals surface area (Å²) in [5, 5.41) is 0. The minimum absolute atomic E-state index is 0.255. The summed E-state index contributed by atoms with van der Waals surface area (Å²) in [6, 6.07) is 0. The lowest BCUT2D eigenvalue weighted by Gasteiger charge is -2.34. The molecule has 0 saturated heterocycles. The van der Waals surface area contributed by atoms with Gasteiger partial charge in [-0.1, -0.05) is 19.3 Å². The summed E-state index contributed by atoms with van der Waals surface area (Å²) in [6.45, 7) is -0.567. The van der Waals surface area contributed by atoms with Crippen molar-refractivity contribution in [3.05, 3.63) is 0 Å². The van der Waals surface area contributed by atoms with Crippen molar-refractivity contribution in [2.24, 2.45) is 5.92 Å². The second kappa shape index (κ2) is 5.48. The Morgan fingerprint density at radius 1 is 0.889 bits per heavy atom. The van der Waals surface area contributed by atoms with Gasteiger partial charge < -0.3 is 4.74 Å². The minimum atomic E-state index is -5.59. The first-order chi connectivity index (χ1) is 8.08. The van der Waals surface area contributed by atoms with Gasteiger partial charge in [0.15, 0.2) is 0 Å². The molecule has 0 radical (unpaired) electrons. The van der Waals surface area contributed by atoms with Crippen molar-refractivity contribution in [1.29, 1.82) is 0 Å². The summed E-state index contributed by atoms with van der Waals surface area (Å²) < 4.78 is 78.7. The normalized spacial score (nSPS) is 20.2. The van der Waals surface area contributed by atoms with Gasteiger partial charge in [-0.15, -0.1) is 12.6 Å². The number of halogens is 6. The van der Waals surface area contributed by atoms with E-state index in [1.54, 1.807) is 0 Å². The molecule has 0 aliphatic heterocycles. The van der Waals surface area contributed by atoms with Gasteiger partial charge in [-0.05, 0) is 18.8 Å². The number of rotatable bonds is 3. The van der Waals surface area contributed by atoms with E-state index < -0.39 is 23.9 Å². The lowest BCUT2D eigenvalue weighted by Crippen LogP contribution is -2.55. The van der Waals surface area contributed by atoms with Gasteiger partial charge in [0.1, 0.15) is 0 Å². The molecule has 0 unspecified atom stereocenters. The van der Waals surface area contributed by atoms with Gasteiger partial charge in [0, 0.05) is 0 Å². The Kier molecular flexibility index (Phi) is 4.86. The van der Waals surface area contributed by atoms with E-state index in [0.717, 1.165) is 19.3 Å². The fourth-order valence-electron chi connectivity index (χ4n) is 1.92. The predicted octanol–water partition coefficient (Wildman–Crippen LogP) is 4.33. The molecule has 0 aromatic carbocycles. The van der Waals surface area contributed by atoms with Crippen LogP contribution in [0.3, 0.4) is 0 Å². The lowest BCUT2D eigenvalue weighted by molar-refractivity contribution is -0.341. The van der Waals surface area contributed by atoms with Gasteiger partial charge in [0.05, 0.1) is 6.61 Å². The van der Waals surface area contributed by atoms with E-state index in [2.05, 4.69) is 17.4 Å². The van der Waals surface area contributed by atoms with Crippen LogP contribution in [0.1, 0.15) is 32.1 Å². The zero-order chi connectivity index (χ0) is 14.0. The molecule has 0 atom stereocenters. The summed E-state index contributed by atoms with van der Waals surface area (Å²) in [5.41, 5.74) is 0. The molecule has 0 bridgehead atoms. The zero-order valence-electron chi connectivity index (χ0n) is 9.44. The van der Waals surface area contributed by atoms with Crippen molar-refractivity contribution in [3.8, 4) is 0 Å². The van der Waals surface area contributed by atoms with E-state index in [-0.39, 0.29) is 5.92 Å². The molecule has 0 heterocycles. The highest BCUT2D eigenvalue weighted by Crippen LogP contribution is 2.48. The van der Waals surface area contributed by atoms with Crippen LogP contribution in [0.25, 0.3) is 0 Å². The molecule has 1 fully saturated rings. The zero-order valence-corrected chi connectivity index (χ0v) is 10.3. The van der Waals surface area contributed by atoms with E-state index in [0.29, 0.717) is 12.8 Å². The summed E-state index contributed by atoms with van der Waals surface area (Å²) >= 11 is 2.71. The van der Waals surface area contributed by atoms with Crippen LogP contribution in [0, 0.1) is 5.92 Å². The van der Waals surface area contributed by atoms with E-state index in [1.807, 2.05) is 0 Å². The fraction of sp³-hybridized carbons (Fsp3) is 1.00. The Morgan fingerprint density at radius 3 is 1.72 bits per heavy atom. The Morgan fingerprint density at radius 2 is 1.33 bits per heavy atom. The van der Waals surface area contributed by atoms with Crippen molar-refractivity contribution < 1.29 is 31.1 Å². The standard InChI is InChI=1S/C10H14F6OS/c11-9(12,13)8(18,10(14,15)16)17-6-7-4-2-1-3-5-7/h7,18H,1-6H2. The largest absolute Gasteiger partial charge is 0.436 e. The van der Waals surface area contributed by atoms with Crippen LogP contribution >= 0.6 is 12.6 Å². The minimum Gasteiger partial charge on any atom is -0.348 e. The first kappa shape index (κ1) is 15.9. The molecule has 0 amide bonds. The van der Waals surface area contributed by atoms with Gasteiger partial charge in [0.25, 0.3) is 0 Å². The van der Waals surface area contributed by atoms with Crippen LogP contribution in [0.2, 0.25) is 0 Å². The van der Waals surface area contributed by atoms with E-state index in [9.17, 15) is 26.3 Å². The highest BCUT2D eigenvalue weighted by Gasteiger charge is 2.70.